The Morgan fingerprint density at radius 1 is 1.13 bits per heavy atom. The third kappa shape index (κ3) is 3.16. The molecule has 1 heterocycles. The van der Waals surface area contributed by atoms with Crippen LogP contribution in [0.1, 0.15) is 11.1 Å². The van der Waals surface area contributed by atoms with Crippen molar-refractivity contribution in [3.8, 4) is 5.69 Å². The first-order chi connectivity index (χ1) is 11.1. The minimum absolute atomic E-state index is 0.0419. The quantitative estimate of drug-likeness (QED) is 0.591. The lowest BCUT2D eigenvalue weighted by atomic mass is 10.1. The van der Waals surface area contributed by atoms with E-state index in [0.29, 0.717) is 21.8 Å². The zero-order valence-electron chi connectivity index (χ0n) is 13.1. The van der Waals surface area contributed by atoms with E-state index in [1.807, 2.05) is 44.2 Å². The van der Waals surface area contributed by atoms with Crippen LogP contribution in [0.25, 0.3) is 16.6 Å². The molecule has 2 aromatic carbocycles. The smallest absolute Gasteiger partial charge is 0.266 e. The van der Waals surface area contributed by atoms with E-state index in [9.17, 15) is 4.79 Å². The highest BCUT2D eigenvalue weighted by Gasteiger charge is 2.13. The SMILES string of the molecule is Cc1cc(C)cc(-n2c(SCCO)nc3ccccc3c2=O)c1. The minimum Gasteiger partial charge on any atom is -0.396 e. The molecule has 0 saturated heterocycles. The normalized spacial score (nSPS) is 11.1. The zero-order chi connectivity index (χ0) is 16.4. The molecule has 118 valence electrons. The number of rotatable bonds is 4. The summed E-state index contributed by atoms with van der Waals surface area (Å²) in [6, 6.07) is 13.4. The standard InChI is InChI=1S/C18H18N2O2S/c1-12-9-13(2)11-14(10-12)20-17(22)15-5-3-4-6-16(15)19-18(20)23-8-7-21/h3-6,9-11,21H,7-8H2,1-2H3. The lowest BCUT2D eigenvalue weighted by Crippen LogP contribution is -2.22. The van der Waals surface area contributed by atoms with Crippen molar-refractivity contribution in [2.75, 3.05) is 12.4 Å². The molecule has 0 aliphatic heterocycles. The van der Waals surface area contributed by atoms with Gasteiger partial charge >= 0.3 is 0 Å². The Bertz CT molecular complexity index is 898. The summed E-state index contributed by atoms with van der Waals surface area (Å²) in [5.74, 6) is 0.496. The van der Waals surface area contributed by atoms with E-state index in [2.05, 4.69) is 11.1 Å². The van der Waals surface area contributed by atoms with Crippen molar-refractivity contribution in [2.45, 2.75) is 19.0 Å². The second-order valence-corrected chi connectivity index (χ2v) is 6.53. The lowest BCUT2D eigenvalue weighted by Gasteiger charge is -2.14. The van der Waals surface area contributed by atoms with Crippen molar-refractivity contribution in [1.82, 2.24) is 9.55 Å². The predicted octanol–water partition coefficient (Wildman–Crippen LogP) is 3.09. The van der Waals surface area contributed by atoms with Crippen LogP contribution in [0.3, 0.4) is 0 Å². The molecule has 3 aromatic rings. The Labute approximate surface area is 138 Å². The van der Waals surface area contributed by atoms with Gasteiger partial charge in [0.2, 0.25) is 0 Å². The van der Waals surface area contributed by atoms with E-state index in [1.54, 1.807) is 10.6 Å². The molecule has 0 aliphatic rings. The van der Waals surface area contributed by atoms with E-state index < -0.39 is 0 Å². The van der Waals surface area contributed by atoms with Crippen LogP contribution in [0, 0.1) is 13.8 Å². The van der Waals surface area contributed by atoms with Crippen molar-refractivity contribution < 1.29 is 5.11 Å². The highest BCUT2D eigenvalue weighted by atomic mass is 32.2. The maximum Gasteiger partial charge on any atom is 0.266 e. The number of hydrogen-bond acceptors (Lipinski definition) is 4. The summed E-state index contributed by atoms with van der Waals surface area (Å²) < 4.78 is 1.64. The third-order valence-electron chi connectivity index (χ3n) is 3.53. The highest BCUT2D eigenvalue weighted by Crippen LogP contribution is 2.22. The molecule has 1 aromatic heterocycles. The molecule has 0 aliphatic carbocycles. The van der Waals surface area contributed by atoms with Gasteiger partial charge in [-0.15, -0.1) is 0 Å². The van der Waals surface area contributed by atoms with Gasteiger partial charge in [-0.2, -0.15) is 0 Å². The Morgan fingerprint density at radius 2 is 1.83 bits per heavy atom. The summed E-state index contributed by atoms with van der Waals surface area (Å²) in [4.78, 5) is 17.6. The number of para-hydroxylation sites is 1. The molecular weight excluding hydrogens is 308 g/mol. The molecule has 0 fully saturated rings. The molecule has 1 N–H and O–H groups in total. The van der Waals surface area contributed by atoms with Gasteiger partial charge in [-0.05, 0) is 49.2 Å². The van der Waals surface area contributed by atoms with E-state index >= 15 is 0 Å². The lowest BCUT2D eigenvalue weighted by molar-refractivity contribution is 0.322. The van der Waals surface area contributed by atoms with Crippen molar-refractivity contribution >= 4 is 22.7 Å². The van der Waals surface area contributed by atoms with Crippen molar-refractivity contribution in [1.29, 1.82) is 0 Å². The maximum atomic E-state index is 13.0. The molecule has 0 bridgehead atoms. The number of aliphatic hydroxyl groups excluding tert-OH is 1. The first-order valence-electron chi connectivity index (χ1n) is 7.44. The fourth-order valence-electron chi connectivity index (χ4n) is 2.65. The van der Waals surface area contributed by atoms with Crippen LogP contribution in [0.2, 0.25) is 0 Å². The van der Waals surface area contributed by atoms with Gasteiger partial charge in [0.25, 0.3) is 5.56 Å². The molecular formula is C18H18N2O2S. The summed E-state index contributed by atoms with van der Waals surface area (Å²) >= 11 is 1.38. The van der Waals surface area contributed by atoms with Crippen LogP contribution < -0.4 is 5.56 Å². The molecule has 23 heavy (non-hydrogen) atoms. The Balaban J connectivity index is 2.31. The minimum atomic E-state index is -0.0824. The number of fused-ring (bicyclic) bond motifs is 1. The Kier molecular flexibility index (Phi) is 4.50. The molecule has 0 unspecified atom stereocenters. The number of aryl methyl sites for hydroxylation is 2. The van der Waals surface area contributed by atoms with Crippen LogP contribution in [0.15, 0.2) is 52.4 Å². The average molecular weight is 326 g/mol. The van der Waals surface area contributed by atoms with Gasteiger partial charge in [0.1, 0.15) is 0 Å². The monoisotopic (exact) mass is 326 g/mol. The average Bonchev–Trinajstić information content (AvgIpc) is 2.52. The Morgan fingerprint density at radius 3 is 2.52 bits per heavy atom. The van der Waals surface area contributed by atoms with E-state index in [1.165, 1.54) is 11.8 Å². The Hall–Kier alpha value is -2.11. The fraction of sp³-hybridized carbons (Fsp3) is 0.222. The number of aliphatic hydroxyl groups is 1. The molecule has 0 saturated carbocycles. The second kappa shape index (κ2) is 6.56. The van der Waals surface area contributed by atoms with Gasteiger partial charge in [-0.25, -0.2) is 4.98 Å². The topological polar surface area (TPSA) is 55.1 Å². The maximum absolute atomic E-state index is 13.0. The van der Waals surface area contributed by atoms with E-state index in [0.717, 1.165) is 16.8 Å². The molecule has 0 radical (unpaired) electrons. The van der Waals surface area contributed by atoms with Crippen molar-refractivity contribution in [3.05, 3.63) is 63.9 Å². The van der Waals surface area contributed by atoms with Crippen LogP contribution in [0.5, 0.6) is 0 Å². The molecule has 5 heteroatoms. The van der Waals surface area contributed by atoms with Gasteiger partial charge in [0, 0.05) is 5.75 Å². The van der Waals surface area contributed by atoms with Gasteiger partial charge in [0.05, 0.1) is 23.2 Å². The summed E-state index contributed by atoms with van der Waals surface area (Å²) in [5, 5.41) is 10.3. The second-order valence-electron chi connectivity index (χ2n) is 5.47. The van der Waals surface area contributed by atoms with Crippen molar-refractivity contribution in [3.63, 3.8) is 0 Å². The summed E-state index contributed by atoms with van der Waals surface area (Å²) in [6.45, 7) is 4.06. The predicted molar refractivity (Wildman–Crippen MR) is 94.6 cm³/mol. The zero-order valence-corrected chi connectivity index (χ0v) is 13.9. The number of aromatic nitrogens is 2. The highest BCUT2D eigenvalue weighted by molar-refractivity contribution is 7.99. The largest absolute Gasteiger partial charge is 0.396 e. The first-order valence-corrected chi connectivity index (χ1v) is 8.43. The summed E-state index contributed by atoms with van der Waals surface area (Å²) in [5.41, 5.74) is 3.60. The molecule has 3 rings (SSSR count). The van der Waals surface area contributed by atoms with Gasteiger partial charge in [-0.1, -0.05) is 30.0 Å². The molecule has 0 atom stereocenters. The van der Waals surface area contributed by atoms with Crippen molar-refractivity contribution in [2.24, 2.45) is 0 Å². The van der Waals surface area contributed by atoms with Crippen LogP contribution >= 0.6 is 11.8 Å². The van der Waals surface area contributed by atoms with Crippen LogP contribution in [0.4, 0.5) is 0 Å². The number of nitrogens with zero attached hydrogens (tertiary/aromatic N) is 2. The van der Waals surface area contributed by atoms with E-state index in [-0.39, 0.29) is 12.2 Å². The van der Waals surface area contributed by atoms with Crippen LogP contribution in [-0.2, 0) is 0 Å². The van der Waals surface area contributed by atoms with E-state index in [4.69, 9.17) is 5.11 Å². The summed E-state index contributed by atoms with van der Waals surface area (Å²) in [7, 11) is 0. The molecule has 0 amide bonds. The number of thioether (sulfide) groups is 1. The van der Waals surface area contributed by atoms with Crippen LogP contribution in [-0.4, -0.2) is 27.0 Å². The molecule has 4 nitrogen and oxygen atoms in total. The number of benzene rings is 2. The third-order valence-corrected chi connectivity index (χ3v) is 4.45. The van der Waals surface area contributed by atoms with Gasteiger partial charge < -0.3 is 5.11 Å². The van der Waals surface area contributed by atoms with Gasteiger partial charge in [-0.3, -0.25) is 9.36 Å². The van der Waals surface area contributed by atoms with Gasteiger partial charge in [0.15, 0.2) is 5.16 Å². The first kappa shape index (κ1) is 15.8. The molecule has 0 spiro atoms. The number of hydrogen-bond donors (Lipinski definition) is 1. The fourth-order valence-corrected chi connectivity index (χ4v) is 3.41. The summed E-state index contributed by atoms with van der Waals surface area (Å²) in [6.07, 6.45) is 0.